The van der Waals surface area contributed by atoms with Crippen LogP contribution in [0.5, 0.6) is 11.5 Å². The summed E-state index contributed by atoms with van der Waals surface area (Å²) in [5.74, 6) is 0.372. The molecule has 71 heavy (non-hydrogen) atoms. The highest BCUT2D eigenvalue weighted by atomic mass is 35.5. The fourth-order valence-electron chi connectivity index (χ4n) is 8.02. The van der Waals surface area contributed by atoms with Gasteiger partial charge in [0.2, 0.25) is 11.5 Å². The van der Waals surface area contributed by atoms with Gasteiger partial charge in [-0.05, 0) is 95.7 Å². The second-order valence-electron chi connectivity index (χ2n) is 17.9. The third kappa shape index (κ3) is 13.7. The SMILES string of the molecule is CC(C)(C)OC(=O)N1C/C=C/CCCCOc2c(cnn(-c3cccc(Cl)c3)c2=O)N2CCN(CC2)S1(=O)=O.O=c1c2c(cnn1-c1cccc(Cl)c1)N1CCN(CC1)S(=O)(=O)NC/C=C/CCCCO2. The lowest BCUT2D eigenvalue weighted by Crippen LogP contribution is -2.55. The van der Waals surface area contributed by atoms with Crippen LogP contribution in [0, 0.1) is 0 Å². The van der Waals surface area contributed by atoms with Gasteiger partial charge in [-0.2, -0.15) is 54.0 Å². The molecule has 0 saturated carbocycles. The van der Waals surface area contributed by atoms with E-state index in [0.717, 1.165) is 30.0 Å². The van der Waals surface area contributed by atoms with E-state index in [1.54, 1.807) is 87.8 Å². The number of piperazine rings is 2. The molecule has 2 saturated heterocycles. The van der Waals surface area contributed by atoms with Crippen LogP contribution in [0.25, 0.3) is 11.4 Å². The second-order valence-corrected chi connectivity index (χ2v) is 22.4. The molecule has 6 aliphatic rings. The summed E-state index contributed by atoms with van der Waals surface area (Å²) in [6, 6.07) is 13.7. The molecule has 0 radical (unpaired) electrons. The Hall–Kier alpha value is -5.49. The number of allylic oxidation sites excluding steroid dienone is 2. The molecular weight excluding hydrogens is 1000 g/mol. The normalized spacial score (nSPS) is 20.3. The third-order valence-corrected chi connectivity index (χ3v) is 15.6. The van der Waals surface area contributed by atoms with E-state index in [2.05, 4.69) is 14.9 Å². The topological polar surface area (TPSA) is 211 Å². The first-order chi connectivity index (χ1) is 33.9. The number of fused-ring (bicyclic) bond motifs is 20. The summed E-state index contributed by atoms with van der Waals surface area (Å²) in [6.07, 6.45) is 14.0. The lowest BCUT2D eigenvalue weighted by Gasteiger charge is -2.37. The van der Waals surface area contributed by atoms with Crippen molar-refractivity contribution >= 4 is 61.1 Å². The van der Waals surface area contributed by atoms with Gasteiger partial charge in [-0.25, -0.2) is 4.79 Å². The minimum absolute atomic E-state index is 0.0994. The molecular formula is C47H60Cl2N10O10S2. The number of rotatable bonds is 2. The summed E-state index contributed by atoms with van der Waals surface area (Å²) in [6.45, 7) is 8.16. The first-order valence-electron chi connectivity index (χ1n) is 23.5. The zero-order valence-electron chi connectivity index (χ0n) is 40.0. The van der Waals surface area contributed by atoms with Crippen molar-refractivity contribution in [1.29, 1.82) is 0 Å². The van der Waals surface area contributed by atoms with E-state index in [9.17, 15) is 31.2 Å². The molecule has 10 rings (SSSR count). The molecule has 2 aromatic heterocycles. The van der Waals surface area contributed by atoms with Crippen LogP contribution in [0.4, 0.5) is 16.2 Å². The molecule has 0 spiro atoms. The summed E-state index contributed by atoms with van der Waals surface area (Å²) >= 11 is 12.2. The van der Waals surface area contributed by atoms with Crippen LogP contribution in [0.15, 0.2) is 94.8 Å². The van der Waals surface area contributed by atoms with E-state index in [1.807, 2.05) is 28.0 Å². The van der Waals surface area contributed by atoms with Crippen molar-refractivity contribution < 1.29 is 35.8 Å². The Morgan fingerprint density at radius 1 is 0.662 bits per heavy atom. The lowest BCUT2D eigenvalue weighted by atomic mass is 10.2. The number of halogens is 2. The Morgan fingerprint density at radius 2 is 1.14 bits per heavy atom. The van der Waals surface area contributed by atoms with Crippen molar-refractivity contribution in [1.82, 2.24) is 37.2 Å². The Balaban J connectivity index is 0.000000213. The highest BCUT2D eigenvalue weighted by Crippen LogP contribution is 2.29. The van der Waals surface area contributed by atoms with E-state index in [4.69, 9.17) is 37.4 Å². The number of amides is 1. The molecule has 2 aromatic carbocycles. The van der Waals surface area contributed by atoms with E-state index in [1.165, 1.54) is 18.0 Å². The first kappa shape index (κ1) is 53.3. The van der Waals surface area contributed by atoms with Crippen LogP contribution < -0.4 is 35.1 Å². The molecule has 0 unspecified atom stereocenters. The Bertz CT molecular complexity index is 2910. The van der Waals surface area contributed by atoms with Crippen LogP contribution in [0.3, 0.4) is 0 Å². The Kier molecular flexibility index (Phi) is 17.9. The number of benzene rings is 2. The minimum Gasteiger partial charge on any atom is -0.486 e. The smallest absolute Gasteiger partial charge is 0.425 e. The van der Waals surface area contributed by atoms with Crippen molar-refractivity contribution in [3.63, 3.8) is 0 Å². The van der Waals surface area contributed by atoms with Gasteiger partial charge in [-0.3, -0.25) is 9.59 Å². The van der Waals surface area contributed by atoms with E-state index in [-0.39, 0.29) is 56.3 Å². The predicted octanol–water partition coefficient (Wildman–Crippen LogP) is 5.57. The fraction of sp³-hybridized carbons (Fsp3) is 0.468. The summed E-state index contributed by atoms with van der Waals surface area (Å²) in [4.78, 5) is 43.6. The molecule has 4 aromatic rings. The lowest BCUT2D eigenvalue weighted by molar-refractivity contribution is 0.0395. The standard InChI is InChI=1S/C26H34ClN5O6S.C21H26ClN5O4S/c1-26(2,3)38-25(34)31-12-7-5-4-6-8-17-37-23-22(29-13-15-30(16-14-29)39(31,35)36)19-28-32(24(23)33)21-11-9-10-20(27)18-21;22-17-7-6-8-18(15-17)27-21(28)20-19(16-23-27)25-10-12-26(13-11-25)32(29,30)24-9-4-2-1-3-5-14-31-20/h5,7,9-11,18-19H,4,6,8,12-17H2,1-3H3;2,4,6-8,15-16,24H,1,3,5,9-14H2/b7-5+;4-2+. The summed E-state index contributed by atoms with van der Waals surface area (Å²) in [5, 5.41) is 9.68. The highest BCUT2D eigenvalue weighted by Gasteiger charge is 2.38. The van der Waals surface area contributed by atoms with Crippen molar-refractivity contribution in [3.8, 4) is 22.9 Å². The molecule has 0 aliphatic carbocycles. The van der Waals surface area contributed by atoms with Crippen LogP contribution in [-0.4, -0.2) is 140 Å². The van der Waals surface area contributed by atoms with Gasteiger partial charge >= 0.3 is 27.4 Å². The molecule has 1 N–H and O–H groups in total. The number of nitrogens with zero attached hydrogens (tertiary/aromatic N) is 9. The molecule has 384 valence electrons. The molecule has 0 atom stereocenters. The number of ether oxygens (including phenoxy) is 3. The zero-order chi connectivity index (χ0) is 50.8. The number of anilines is 2. The minimum atomic E-state index is -4.16. The van der Waals surface area contributed by atoms with Crippen LogP contribution in [0.2, 0.25) is 10.0 Å². The molecule has 24 heteroatoms. The summed E-state index contributed by atoms with van der Waals surface area (Å²) in [7, 11) is -7.71. The van der Waals surface area contributed by atoms with Gasteiger partial charge < -0.3 is 24.0 Å². The molecule has 2 fully saturated rings. The molecule has 1 amide bonds. The van der Waals surface area contributed by atoms with Gasteiger partial charge in [0.15, 0.2) is 0 Å². The van der Waals surface area contributed by atoms with Crippen molar-refractivity contribution in [2.75, 3.05) is 88.5 Å². The van der Waals surface area contributed by atoms with Crippen molar-refractivity contribution in [2.45, 2.75) is 64.9 Å². The average molecular weight is 1060 g/mol. The van der Waals surface area contributed by atoms with Crippen LogP contribution in [0.1, 0.15) is 59.3 Å². The van der Waals surface area contributed by atoms with Crippen LogP contribution in [-0.2, 0) is 25.2 Å². The highest BCUT2D eigenvalue weighted by molar-refractivity contribution is 7.87. The Labute approximate surface area is 424 Å². The number of nitrogens with one attached hydrogen (secondary N) is 1. The maximum Gasteiger partial charge on any atom is 0.425 e. The van der Waals surface area contributed by atoms with Gasteiger partial charge in [0, 0.05) is 68.9 Å². The van der Waals surface area contributed by atoms with Gasteiger partial charge in [0.25, 0.3) is 10.2 Å². The molecule has 20 nitrogen and oxygen atoms in total. The molecule has 8 heterocycles. The number of hydrogen-bond acceptors (Lipinski definition) is 14. The predicted molar refractivity (Wildman–Crippen MR) is 273 cm³/mol. The number of carbonyl (C=O) groups is 1. The van der Waals surface area contributed by atoms with Gasteiger partial charge in [-0.1, -0.05) is 59.6 Å². The Morgan fingerprint density at radius 3 is 1.62 bits per heavy atom. The van der Waals surface area contributed by atoms with Crippen molar-refractivity contribution in [2.24, 2.45) is 0 Å². The quantitative estimate of drug-likeness (QED) is 0.244. The molecule has 4 bridgehead atoms. The van der Waals surface area contributed by atoms with Gasteiger partial charge in [0.05, 0.1) is 43.5 Å². The maximum absolute atomic E-state index is 13.5. The third-order valence-electron chi connectivity index (χ3n) is 11.6. The number of hydrogen-bond donors (Lipinski definition) is 1. The van der Waals surface area contributed by atoms with Crippen molar-refractivity contribution in [3.05, 3.63) is 116 Å². The van der Waals surface area contributed by atoms with E-state index in [0.29, 0.717) is 85.0 Å². The number of carbonyl (C=O) groups excluding carboxylic acids is 1. The number of aromatic nitrogens is 4. The van der Waals surface area contributed by atoms with E-state index >= 15 is 0 Å². The second kappa shape index (κ2) is 23.8. The maximum atomic E-state index is 13.5. The van der Waals surface area contributed by atoms with Gasteiger partial charge in [0.1, 0.15) is 17.0 Å². The zero-order valence-corrected chi connectivity index (χ0v) is 43.1. The molecule has 6 aliphatic heterocycles. The van der Waals surface area contributed by atoms with Crippen LogP contribution >= 0.6 is 23.2 Å². The summed E-state index contributed by atoms with van der Waals surface area (Å²) in [5.41, 5.74) is 0.474. The fourth-order valence-corrected chi connectivity index (χ4v) is 10.9. The van der Waals surface area contributed by atoms with E-state index < -0.39 is 37.7 Å². The monoisotopic (exact) mass is 1060 g/mol. The summed E-state index contributed by atoms with van der Waals surface area (Å²) < 4.78 is 78.2. The van der Waals surface area contributed by atoms with Gasteiger partial charge in [-0.15, -0.1) is 0 Å². The average Bonchev–Trinajstić information content (AvgIpc) is 3.32. The first-order valence-corrected chi connectivity index (χ1v) is 27.1. The largest absolute Gasteiger partial charge is 0.486 e.